The molecule has 2 unspecified atom stereocenters. The third kappa shape index (κ3) is 1.42. The van der Waals surface area contributed by atoms with Crippen LogP contribution in [0.1, 0.15) is 12.8 Å². The molecule has 2 nitrogen and oxygen atoms in total. The van der Waals surface area contributed by atoms with Crippen LogP contribution >= 0.6 is 0 Å². The number of rotatable bonds is 4. The van der Waals surface area contributed by atoms with Gasteiger partial charge in [-0.25, -0.2) is 0 Å². The molecule has 0 saturated heterocycles. The van der Waals surface area contributed by atoms with Crippen molar-refractivity contribution in [2.24, 2.45) is 17.3 Å². The second-order valence-electron chi connectivity index (χ2n) is 4.42. The van der Waals surface area contributed by atoms with Gasteiger partial charge in [0.15, 0.2) is 0 Å². The molecule has 2 atom stereocenters. The zero-order valence-electron chi connectivity index (χ0n) is 8.45. The maximum Gasteiger partial charge on any atom is 0.0546 e. The summed E-state index contributed by atoms with van der Waals surface area (Å²) in [5, 5.41) is 0. The zero-order valence-corrected chi connectivity index (χ0v) is 8.45. The Morgan fingerprint density at radius 2 is 1.92 bits per heavy atom. The number of hydrogen-bond acceptors (Lipinski definition) is 2. The minimum atomic E-state index is 0.281. The van der Waals surface area contributed by atoms with Gasteiger partial charge in [0.05, 0.1) is 13.2 Å². The standard InChI is InChI=1S/C11H18O2/c1-12-7-11(8-13-2)6-9-3-4-10(11)5-9/h3-4,9-10H,5-8H2,1-2H3. The van der Waals surface area contributed by atoms with Crippen molar-refractivity contribution in [2.75, 3.05) is 27.4 Å². The molecule has 2 heteroatoms. The third-order valence-corrected chi connectivity index (χ3v) is 3.49. The SMILES string of the molecule is COCC1(COC)CC2C=CC1C2. The Kier molecular flexibility index (Phi) is 2.43. The molecule has 0 heterocycles. The second-order valence-corrected chi connectivity index (χ2v) is 4.42. The van der Waals surface area contributed by atoms with E-state index in [0.717, 1.165) is 19.1 Å². The fourth-order valence-corrected chi connectivity index (χ4v) is 3.00. The van der Waals surface area contributed by atoms with Crippen LogP contribution in [0, 0.1) is 17.3 Å². The first-order valence-corrected chi connectivity index (χ1v) is 4.97. The highest BCUT2D eigenvalue weighted by atomic mass is 16.5. The first kappa shape index (κ1) is 9.22. The van der Waals surface area contributed by atoms with Gasteiger partial charge in [0.25, 0.3) is 0 Å². The van der Waals surface area contributed by atoms with Gasteiger partial charge in [0.1, 0.15) is 0 Å². The molecule has 1 fully saturated rings. The van der Waals surface area contributed by atoms with Gasteiger partial charge in [-0.1, -0.05) is 12.2 Å². The van der Waals surface area contributed by atoms with E-state index >= 15 is 0 Å². The number of fused-ring (bicyclic) bond motifs is 2. The molecule has 0 aromatic heterocycles. The summed E-state index contributed by atoms with van der Waals surface area (Å²) in [6.07, 6.45) is 7.27. The van der Waals surface area contributed by atoms with Crippen LogP contribution in [0.4, 0.5) is 0 Å². The molecular weight excluding hydrogens is 164 g/mol. The fraction of sp³-hybridized carbons (Fsp3) is 0.818. The number of hydrogen-bond donors (Lipinski definition) is 0. The summed E-state index contributed by atoms with van der Waals surface area (Å²) >= 11 is 0. The number of allylic oxidation sites excluding steroid dienone is 2. The van der Waals surface area contributed by atoms with E-state index < -0.39 is 0 Å². The highest BCUT2D eigenvalue weighted by molar-refractivity contribution is 5.15. The predicted octanol–water partition coefficient (Wildman–Crippen LogP) is 1.86. The van der Waals surface area contributed by atoms with Crippen molar-refractivity contribution in [3.8, 4) is 0 Å². The predicted molar refractivity (Wildman–Crippen MR) is 51.5 cm³/mol. The van der Waals surface area contributed by atoms with Gasteiger partial charge in [-0.3, -0.25) is 0 Å². The van der Waals surface area contributed by atoms with Crippen molar-refractivity contribution in [1.82, 2.24) is 0 Å². The normalized spacial score (nSPS) is 34.3. The first-order valence-electron chi connectivity index (χ1n) is 4.97. The Labute approximate surface area is 79.9 Å². The van der Waals surface area contributed by atoms with E-state index in [2.05, 4.69) is 12.2 Å². The summed E-state index contributed by atoms with van der Waals surface area (Å²) in [6.45, 7) is 1.68. The molecular formula is C11H18O2. The van der Waals surface area contributed by atoms with Crippen molar-refractivity contribution in [2.45, 2.75) is 12.8 Å². The van der Waals surface area contributed by atoms with E-state index in [1.807, 2.05) is 0 Å². The lowest BCUT2D eigenvalue weighted by Crippen LogP contribution is -2.35. The van der Waals surface area contributed by atoms with E-state index in [0.29, 0.717) is 5.92 Å². The van der Waals surface area contributed by atoms with E-state index in [-0.39, 0.29) is 5.41 Å². The summed E-state index contributed by atoms with van der Waals surface area (Å²) < 4.78 is 10.6. The van der Waals surface area contributed by atoms with Crippen LogP contribution < -0.4 is 0 Å². The van der Waals surface area contributed by atoms with Crippen LogP contribution in [0.15, 0.2) is 12.2 Å². The minimum Gasteiger partial charge on any atom is -0.384 e. The first-order chi connectivity index (χ1) is 6.30. The van der Waals surface area contributed by atoms with Gasteiger partial charge in [0.2, 0.25) is 0 Å². The average molecular weight is 182 g/mol. The molecule has 2 bridgehead atoms. The molecule has 0 aliphatic heterocycles. The summed E-state index contributed by atoms with van der Waals surface area (Å²) in [5.41, 5.74) is 0.281. The van der Waals surface area contributed by atoms with Gasteiger partial charge in [0, 0.05) is 19.6 Å². The van der Waals surface area contributed by atoms with Gasteiger partial charge in [-0.15, -0.1) is 0 Å². The number of ether oxygens (including phenoxy) is 2. The second kappa shape index (κ2) is 3.43. The lowest BCUT2D eigenvalue weighted by Gasteiger charge is -2.34. The van der Waals surface area contributed by atoms with Gasteiger partial charge in [-0.05, 0) is 24.7 Å². The average Bonchev–Trinajstić information content (AvgIpc) is 2.64. The van der Waals surface area contributed by atoms with E-state index in [4.69, 9.17) is 9.47 Å². The van der Waals surface area contributed by atoms with Crippen molar-refractivity contribution in [3.05, 3.63) is 12.2 Å². The molecule has 1 saturated carbocycles. The van der Waals surface area contributed by atoms with Crippen molar-refractivity contribution in [1.29, 1.82) is 0 Å². The summed E-state index contributed by atoms with van der Waals surface area (Å²) in [6, 6.07) is 0. The molecule has 0 aromatic carbocycles. The highest BCUT2D eigenvalue weighted by Crippen LogP contribution is 2.52. The lowest BCUT2D eigenvalue weighted by atomic mass is 9.77. The molecule has 2 aliphatic carbocycles. The Bertz CT molecular complexity index is 204. The van der Waals surface area contributed by atoms with Crippen LogP contribution in [-0.4, -0.2) is 27.4 Å². The van der Waals surface area contributed by atoms with Gasteiger partial charge >= 0.3 is 0 Å². The molecule has 0 amide bonds. The Hall–Kier alpha value is -0.340. The van der Waals surface area contributed by atoms with Gasteiger partial charge < -0.3 is 9.47 Å². The van der Waals surface area contributed by atoms with Crippen LogP contribution in [0.25, 0.3) is 0 Å². The number of methoxy groups -OCH3 is 2. The summed E-state index contributed by atoms with van der Waals surface area (Å²) in [7, 11) is 3.57. The van der Waals surface area contributed by atoms with E-state index in [1.54, 1.807) is 14.2 Å². The van der Waals surface area contributed by atoms with Crippen molar-refractivity contribution >= 4 is 0 Å². The maximum atomic E-state index is 5.32. The molecule has 2 rings (SSSR count). The van der Waals surface area contributed by atoms with Gasteiger partial charge in [-0.2, -0.15) is 0 Å². The van der Waals surface area contributed by atoms with Crippen LogP contribution in [0.2, 0.25) is 0 Å². The fourth-order valence-electron chi connectivity index (χ4n) is 3.00. The zero-order chi connectivity index (χ0) is 9.31. The Morgan fingerprint density at radius 1 is 1.23 bits per heavy atom. The summed E-state index contributed by atoms with van der Waals surface area (Å²) in [4.78, 5) is 0. The molecule has 13 heavy (non-hydrogen) atoms. The maximum absolute atomic E-state index is 5.32. The Balaban J connectivity index is 2.10. The highest BCUT2D eigenvalue weighted by Gasteiger charge is 2.48. The van der Waals surface area contributed by atoms with E-state index in [1.165, 1.54) is 12.8 Å². The molecule has 0 N–H and O–H groups in total. The molecule has 74 valence electrons. The topological polar surface area (TPSA) is 18.5 Å². The molecule has 0 spiro atoms. The largest absolute Gasteiger partial charge is 0.384 e. The minimum absolute atomic E-state index is 0.281. The summed E-state index contributed by atoms with van der Waals surface area (Å²) in [5.74, 6) is 1.48. The molecule has 0 aromatic rings. The quantitative estimate of drug-likeness (QED) is 0.618. The van der Waals surface area contributed by atoms with Crippen molar-refractivity contribution < 1.29 is 9.47 Å². The van der Waals surface area contributed by atoms with Crippen LogP contribution in [0.5, 0.6) is 0 Å². The van der Waals surface area contributed by atoms with Crippen molar-refractivity contribution in [3.63, 3.8) is 0 Å². The smallest absolute Gasteiger partial charge is 0.0546 e. The third-order valence-electron chi connectivity index (χ3n) is 3.49. The lowest BCUT2D eigenvalue weighted by molar-refractivity contribution is -0.00665. The molecule has 0 radical (unpaired) electrons. The van der Waals surface area contributed by atoms with E-state index in [9.17, 15) is 0 Å². The van der Waals surface area contributed by atoms with Crippen LogP contribution in [0.3, 0.4) is 0 Å². The molecule has 2 aliphatic rings. The van der Waals surface area contributed by atoms with Crippen LogP contribution in [-0.2, 0) is 9.47 Å². The monoisotopic (exact) mass is 182 g/mol. The Morgan fingerprint density at radius 3 is 2.31 bits per heavy atom.